The minimum Gasteiger partial charge on any atom is -0.337 e. The summed E-state index contributed by atoms with van der Waals surface area (Å²) in [5, 5.41) is 7.64. The van der Waals surface area contributed by atoms with E-state index < -0.39 is 0 Å². The number of hydrogen-bond acceptors (Lipinski definition) is 2. The van der Waals surface area contributed by atoms with E-state index in [1.54, 1.807) is 6.20 Å². The van der Waals surface area contributed by atoms with Gasteiger partial charge in [-0.15, -0.1) is 0 Å². The lowest BCUT2D eigenvalue weighted by Crippen LogP contribution is -2.35. The third-order valence-corrected chi connectivity index (χ3v) is 5.03. The van der Waals surface area contributed by atoms with Crippen LogP contribution in [-0.2, 0) is 5.41 Å². The number of benzene rings is 2. The monoisotopic (exact) mass is 351 g/mol. The van der Waals surface area contributed by atoms with Crippen molar-refractivity contribution in [1.29, 1.82) is 0 Å². The first-order chi connectivity index (χ1) is 12.2. The van der Waals surface area contributed by atoms with Crippen LogP contribution in [-0.4, -0.2) is 17.6 Å². The number of nitrogens with one attached hydrogen (secondary N) is 2. The maximum absolute atomic E-state index is 12.3. The largest absolute Gasteiger partial charge is 0.337 e. The van der Waals surface area contributed by atoms with Crippen molar-refractivity contribution in [3.05, 3.63) is 71.4 Å². The maximum Gasteiger partial charge on any atom is 0.319 e. The Morgan fingerprint density at radius 2 is 1.84 bits per heavy atom. The van der Waals surface area contributed by atoms with E-state index in [9.17, 15) is 4.79 Å². The minimum absolute atomic E-state index is 0.0406. The van der Waals surface area contributed by atoms with Gasteiger partial charge < -0.3 is 10.6 Å². The average molecular weight is 352 g/mol. The molecule has 1 aliphatic carbocycles. The van der Waals surface area contributed by atoms with E-state index in [1.165, 1.54) is 5.56 Å². The molecule has 0 unspecified atom stereocenters. The Labute approximate surface area is 151 Å². The molecular formula is C20H18ClN3O. The summed E-state index contributed by atoms with van der Waals surface area (Å²) in [5.41, 5.74) is 2.77. The number of anilines is 1. The van der Waals surface area contributed by atoms with Crippen molar-refractivity contribution in [2.45, 2.75) is 18.3 Å². The van der Waals surface area contributed by atoms with Gasteiger partial charge in [-0.3, -0.25) is 4.98 Å². The molecule has 2 amide bonds. The smallest absolute Gasteiger partial charge is 0.319 e. The number of pyridine rings is 1. The van der Waals surface area contributed by atoms with E-state index in [2.05, 4.69) is 15.6 Å². The second-order valence-electron chi connectivity index (χ2n) is 6.48. The second-order valence-corrected chi connectivity index (χ2v) is 6.91. The number of carbonyl (C=O) groups is 1. The molecule has 5 heteroatoms. The first kappa shape index (κ1) is 15.9. The number of para-hydroxylation sites is 1. The van der Waals surface area contributed by atoms with Gasteiger partial charge in [0.2, 0.25) is 0 Å². The summed E-state index contributed by atoms with van der Waals surface area (Å²) in [6.45, 7) is 0.610. The zero-order valence-electron chi connectivity index (χ0n) is 13.6. The molecule has 0 bridgehead atoms. The molecule has 0 spiro atoms. The molecule has 1 saturated carbocycles. The first-order valence-electron chi connectivity index (χ1n) is 8.31. The van der Waals surface area contributed by atoms with Crippen LogP contribution in [0, 0.1) is 0 Å². The van der Waals surface area contributed by atoms with Crippen LogP contribution in [0.4, 0.5) is 10.5 Å². The number of carbonyl (C=O) groups excluding carboxylic acids is 1. The molecule has 25 heavy (non-hydrogen) atoms. The Balaban J connectivity index is 1.43. The molecule has 1 aliphatic rings. The van der Waals surface area contributed by atoms with Gasteiger partial charge in [-0.2, -0.15) is 0 Å². The highest BCUT2D eigenvalue weighted by Crippen LogP contribution is 2.47. The molecule has 0 aliphatic heterocycles. The molecule has 4 nitrogen and oxygen atoms in total. The fourth-order valence-electron chi connectivity index (χ4n) is 3.14. The third-order valence-electron chi connectivity index (χ3n) is 4.78. The zero-order chi connectivity index (χ0) is 17.3. The van der Waals surface area contributed by atoms with E-state index in [1.807, 2.05) is 54.6 Å². The molecule has 1 aromatic heterocycles. The molecule has 1 fully saturated rings. The van der Waals surface area contributed by atoms with Crippen molar-refractivity contribution < 1.29 is 4.79 Å². The van der Waals surface area contributed by atoms with Gasteiger partial charge in [0.15, 0.2) is 0 Å². The molecule has 1 heterocycles. The van der Waals surface area contributed by atoms with Crippen molar-refractivity contribution in [3.63, 3.8) is 0 Å². The maximum atomic E-state index is 12.3. The predicted molar refractivity (Wildman–Crippen MR) is 101 cm³/mol. The summed E-state index contributed by atoms with van der Waals surface area (Å²) < 4.78 is 0. The second kappa shape index (κ2) is 6.37. The molecule has 126 valence electrons. The summed E-state index contributed by atoms with van der Waals surface area (Å²) in [5.74, 6) is 0. The Hall–Kier alpha value is -2.59. The van der Waals surface area contributed by atoms with Crippen LogP contribution < -0.4 is 10.6 Å². The first-order valence-corrected chi connectivity index (χ1v) is 8.69. The standard InChI is InChI=1S/C20H18ClN3O/c21-16-8-6-15(7-9-16)20(10-11-20)13-23-19(25)24-17-5-1-3-14-4-2-12-22-18(14)17/h1-9,12H,10-11,13H2,(H2,23,24,25). The third kappa shape index (κ3) is 3.30. The SMILES string of the molecule is O=C(NCC1(c2ccc(Cl)cc2)CC1)Nc1cccc2cccnc12. The molecule has 3 aromatic rings. The van der Waals surface area contributed by atoms with Crippen LogP contribution in [0.15, 0.2) is 60.8 Å². The number of aromatic nitrogens is 1. The van der Waals surface area contributed by atoms with Crippen LogP contribution in [0.2, 0.25) is 5.02 Å². The fraction of sp³-hybridized carbons (Fsp3) is 0.200. The molecule has 2 aromatic carbocycles. The highest BCUT2D eigenvalue weighted by atomic mass is 35.5. The van der Waals surface area contributed by atoms with E-state index in [4.69, 9.17) is 11.6 Å². The lowest BCUT2D eigenvalue weighted by Gasteiger charge is -2.17. The quantitative estimate of drug-likeness (QED) is 0.713. The lowest BCUT2D eigenvalue weighted by atomic mass is 9.96. The Kier molecular flexibility index (Phi) is 4.06. The van der Waals surface area contributed by atoms with Crippen molar-refractivity contribution >= 4 is 34.2 Å². The molecule has 0 saturated heterocycles. The van der Waals surface area contributed by atoms with Crippen LogP contribution in [0.5, 0.6) is 0 Å². The van der Waals surface area contributed by atoms with Gasteiger partial charge in [0.05, 0.1) is 11.2 Å². The number of halogens is 1. The Morgan fingerprint density at radius 3 is 2.60 bits per heavy atom. The van der Waals surface area contributed by atoms with Crippen molar-refractivity contribution in [3.8, 4) is 0 Å². The highest BCUT2D eigenvalue weighted by molar-refractivity contribution is 6.30. The van der Waals surface area contributed by atoms with E-state index in [0.717, 1.165) is 28.8 Å². The summed E-state index contributed by atoms with van der Waals surface area (Å²) in [7, 11) is 0. The average Bonchev–Trinajstić information content (AvgIpc) is 3.42. The predicted octanol–water partition coefficient (Wildman–Crippen LogP) is 4.74. The summed E-state index contributed by atoms with van der Waals surface area (Å²) in [6.07, 6.45) is 3.88. The molecular weight excluding hydrogens is 334 g/mol. The zero-order valence-corrected chi connectivity index (χ0v) is 14.4. The normalized spacial score (nSPS) is 14.9. The topological polar surface area (TPSA) is 54.0 Å². The number of amides is 2. The molecule has 0 atom stereocenters. The number of urea groups is 1. The van der Waals surface area contributed by atoms with Crippen molar-refractivity contribution in [1.82, 2.24) is 10.3 Å². The van der Waals surface area contributed by atoms with Crippen LogP contribution >= 0.6 is 11.6 Å². The summed E-state index contributed by atoms with van der Waals surface area (Å²) in [4.78, 5) is 16.7. The van der Waals surface area contributed by atoms with Gasteiger partial charge in [0, 0.05) is 28.6 Å². The fourth-order valence-corrected chi connectivity index (χ4v) is 3.27. The van der Waals surface area contributed by atoms with Gasteiger partial charge in [0.1, 0.15) is 0 Å². The number of rotatable bonds is 4. The van der Waals surface area contributed by atoms with E-state index in [0.29, 0.717) is 12.2 Å². The number of fused-ring (bicyclic) bond motifs is 1. The number of hydrogen-bond donors (Lipinski definition) is 2. The Bertz CT molecular complexity index is 914. The van der Waals surface area contributed by atoms with Gasteiger partial charge in [-0.05, 0) is 42.7 Å². The molecule has 0 radical (unpaired) electrons. The molecule has 2 N–H and O–H groups in total. The van der Waals surface area contributed by atoms with Crippen molar-refractivity contribution in [2.24, 2.45) is 0 Å². The highest BCUT2D eigenvalue weighted by Gasteiger charge is 2.44. The van der Waals surface area contributed by atoms with Crippen LogP contribution in [0.25, 0.3) is 10.9 Å². The van der Waals surface area contributed by atoms with E-state index in [-0.39, 0.29) is 11.4 Å². The summed E-state index contributed by atoms with van der Waals surface area (Å²) in [6, 6.07) is 17.3. The minimum atomic E-state index is -0.210. The number of nitrogens with zero attached hydrogens (tertiary/aromatic N) is 1. The van der Waals surface area contributed by atoms with E-state index >= 15 is 0 Å². The summed E-state index contributed by atoms with van der Waals surface area (Å²) >= 11 is 5.96. The van der Waals surface area contributed by atoms with Crippen LogP contribution in [0.3, 0.4) is 0 Å². The van der Waals surface area contributed by atoms with Gasteiger partial charge in [0.25, 0.3) is 0 Å². The van der Waals surface area contributed by atoms with Gasteiger partial charge in [-0.1, -0.05) is 41.9 Å². The Morgan fingerprint density at radius 1 is 1.08 bits per heavy atom. The van der Waals surface area contributed by atoms with Crippen LogP contribution in [0.1, 0.15) is 18.4 Å². The lowest BCUT2D eigenvalue weighted by molar-refractivity contribution is 0.251. The molecule has 4 rings (SSSR count). The van der Waals surface area contributed by atoms with Crippen molar-refractivity contribution in [2.75, 3.05) is 11.9 Å². The van der Waals surface area contributed by atoms with Gasteiger partial charge >= 0.3 is 6.03 Å². The van der Waals surface area contributed by atoms with Gasteiger partial charge in [-0.25, -0.2) is 4.79 Å².